The van der Waals surface area contributed by atoms with E-state index in [2.05, 4.69) is 17.2 Å². The Kier molecular flexibility index (Phi) is 3.47. The van der Waals surface area contributed by atoms with Gasteiger partial charge in [-0.25, -0.2) is 0 Å². The molecule has 0 bridgehead atoms. The molecule has 17 heavy (non-hydrogen) atoms. The monoisotopic (exact) mass is 230 g/mol. The van der Waals surface area contributed by atoms with Crippen LogP contribution in [-0.2, 0) is 0 Å². The van der Waals surface area contributed by atoms with Gasteiger partial charge in [0.1, 0.15) is 5.75 Å². The Hall–Kier alpha value is -1.77. The third-order valence-corrected chi connectivity index (χ3v) is 2.45. The fourth-order valence-electron chi connectivity index (χ4n) is 1.82. The van der Waals surface area contributed by atoms with Gasteiger partial charge in [-0.1, -0.05) is 0 Å². The van der Waals surface area contributed by atoms with Crippen molar-refractivity contribution < 1.29 is 4.74 Å². The molecule has 1 heterocycles. The van der Waals surface area contributed by atoms with Crippen molar-refractivity contribution in [3.05, 3.63) is 30.5 Å². The quantitative estimate of drug-likeness (QED) is 0.873. The highest BCUT2D eigenvalue weighted by Crippen LogP contribution is 2.26. The SMILES string of the molecule is CCNc1ccnc2ccc(OC(C)C)cc12. The molecule has 0 atom stereocenters. The van der Waals surface area contributed by atoms with Gasteiger partial charge < -0.3 is 10.1 Å². The van der Waals surface area contributed by atoms with E-state index in [9.17, 15) is 0 Å². The minimum atomic E-state index is 0.187. The summed E-state index contributed by atoms with van der Waals surface area (Å²) >= 11 is 0. The van der Waals surface area contributed by atoms with Crippen LogP contribution in [0.25, 0.3) is 10.9 Å². The van der Waals surface area contributed by atoms with Crippen molar-refractivity contribution in [3.63, 3.8) is 0 Å². The van der Waals surface area contributed by atoms with Crippen LogP contribution in [0.2, 0.25) is 0 Å². The number of ether oxygens (including phenoxy) is 1. The molecule has 0 aliphatic heterocycles. The second kappa shape index (κ2) is 5.04. The predicted octanol–water partition coefficient (Wildman–Crippen LogP) is 3.45. The number of hydrogen-bond donors (Lipinski definition) is 1. The molecule has 0 fully saturated rings. The lowest BCUT2D eigenvalue weighted by Crippen LogP contribution is -2.05. The van der Waals surface area contributed by atoms with Crippen LogP contribution in [0, 0.1) is 0 Å². The topological polar surface area (TPSA) is 34.2 Å². The Morgan fingerprint density at radius 2 is 2.12 bits per heavy atom. The Labute approximate surface area is 102 Å². The van der Waals surface area contributed by atoms with Crippen molar-refractivity contribution in [1.82, 2.24) is 4.98 Å². The number of benzene rings is 1. The molecule has 0 saturated carbocycles. The molecule has 0 spiro atoms. The van der Waals surface area contributed by atoms with E-state index in [0.717, 1.165) is 28.9 Å². The molecule has 0 radical (unpaired) electrons. The summed E-state index contributed by atoms with van der Waals surface area (Å²) in [4.78, 5) is 4.35. The molecule has 0 amide bonds. The van der Waals surface area contributed by atoms with Gasteiger partial charge in [0.05, 0.1) is 11.6 Å². The molecular weight excluding hydrogens is 212 g/mol. The normalized spacial score (nSPS) is 10.8. The first-order valence-corrected chi connectivity index (χ1v) is 6.00. The molecule has 0 unspecified atom stereocenters. The number of fused-ring (bicyclic) bond motifs is 1. The number of rotatable bonds is 4. The van der Waals surface area contributed by atoms with Gasteiger partial charge in [0, 0.05) is 23.8 Å². The van der Waals surface area contributed by atoms with Crippen molar-refractivity contribution in [3.8, 4) is 5.75 Å². The Bertz CT molecular complexity index is 509. The fraction of sp³-hybridized carbons (Fsp3) is 0.357. The van der Waals surface area contributed by atoms with Crippen LogP contribution in [0.4, 0.5) is 5.69 Å². The van der Waals surface area contributed by atoms with Gasteiger partial charge in [0.15, 0.2) is 0 Å². The van der Waals surface area contributed by atoms with Crippen molar-refractivity contribution >= 4 is 16.6 Å². The van der Waals surface area contributed by atoms with Crippen LogP contribution in [0.3, 0.4) is 0 Å². The Morgan fingerprint density at radius 1 is 1.29 bits per heavy atom. The van der Waals surface area contributed by atoms with E-state index in [-0.39, 0.29) is 6.10 Å². The first-order valence-electron chi connectivity index (χ1n) is 6.00. The van der Waals surface area contributed by atoms with Gasteiger partial charge in [-0.2, -0.15) is 0 Å². The number of pyridine rings is 1. The van der Waals surface area contributed by atoms with Crippen LogP contribution >= 0.6 is 0 Å². The minimum Gasteiger partial charge on any atom is -0.491 e. The van der Waals surface area contributed by atoms with Crippen molar-refractivity contribution in [2.75, 3.05) is 11.9 Å². The molecule has 1 aromatic carbocycles. The van der Waals surface area contributed by atoms with E-state index >= 15 is 0 Å². The van der Waals surface area contributed by atoms with Gasteiger partial charge in [0.2, 0.25) is 0 Å². The van der Waals surface area contributed by atoms with Crippen LogP contribution in [0.15, 0.2) is 30.5 Å². The number of anilines is 1. The number of aromatic nitrogens is 1. The fourth-order valence-corrected chi connectivity index (χ4v) is 1.82. The largest absolute Gasteiger partial charge is 0.491 e. The van der Waals surface area contributed by atoms with E-state index in [1.165, 1.54) is 0 Å². The molecule has 0 aliphatic rings. The van der Waals surface area contributed by atoms with Crippen LogP contribution < -0.4 is 10.1 Å². The van der Waals surface area contributed by atoms with E-state index in [4.69, 9.17) is 4.74 Å². The third-order valence-electron chi connectivity index (χ3n) is 2.45. The molecule has 0 aliphatic carbocycles. The smallest absolute Gasteiger partial charge is 0.120 e. The zero-order valence-corrected chi connectivity index (χ0v) is 10.5. The second-order valence-corrected chi connectivity index (χ2v) is 4.23. The molecule has 3 heteroatoms. The molecule has 2 aromatic rings. The first kappa shape index (κ1) is 11.7. The van der Waals surface area contributed by atoms with Crippen LogP contribution in [0.5, 0.6) is 5.75 Å². The van der Waals surface area contributed by atoms with Crippen LogP contribution in [0.1, 0.15) is 20.8 Å². The molecular formula is C14H18N2O. The third kappa shape index (κ3) is 2.67. The van der Waals surface area contributed by atoms with Gasteiger partial charge in [-0.3, -0.25) is 4.98 Å². The zero-order chi connectivity index (χ0) is 12.3. The number of nitrogens with zero attached hydrogens (tertiary/aromatic N) is 1. The van der Waals surface area contributed by atoms with Crippen LogP contribution in [-0.4, -0.2) is 17.6 Å². The highest BCUT2D eigenvalue weighted by Gasteiger charge is 2.04. The summed E-state index contributed by atoms with van der Waals surface area (Å²) < 4.78 is 5.70. The predicted molar refractivity (Wildman–Crippen MR) is 71.7 cm³/mol. The summed E-state index contributed by atoms with van der Waals surface area (Å²) in [5, 5.41) is 4.44. The lowest BCUT2D eigenvalue weighted by atomic mass is 10.1. The van der Waals surface area contributed by atoms with Gasteiger partial charge in [-0.15, -0.1) is 0 Å². The molecule has 1 N–H and O–H groups in total. The van der Waals surface area contributed by atoms with E-state index in [1.54, 1.807) is 0 Å². The molecule has 3 nitrogen and oxygen atoms in total. The van der Waals surface area contributed by atoms with Gasteiger partial charge in [0.25, 0.3) is 0 Å². The summed E-state index contributed by atoms with van der Waals surface area (Å²) in [7, 11) is 0. The molecule has 0 saturated heterocycles. The Morgan fingerprint density at radius 3 is 2.82 bits per heavy atom. The lowest BCUT2D eigenvalue weighted by Gasteiger charge is -2.12. The summed E-state index contributed by atoms with van der Waals surface area (Å²) in [5.74, 6) is 0.889. The number of nitrogens with one attached hydrogen (secondary N) is 1. The molecule has 90 valence electrons. The lowest BCUT2D eigenvalue weighted by molar-refractivity contribution is 0.243. The number of hydrogen-bond acceptors (Lipinski definition) is 3. The molecule has 1 aromatic heterocycles. The first-order chi connectivity index (χ1) is 8.20. The summed E-state index contributed by atoms with van der Waals surface area (Å²) in [5.41, 5.74) is 2.09. The van der Waals surface area contributed by atoms with Crippen molar-refractivity contribution in [2.24, 2.45) is 0 Å². The van der Waals surface area contributed by atoms with E-state index in [1.807, 2.05) is 44.3 Å². The second-order valence-electron chi connectivity index (χ2n) is 4.23. The maximum atomic E-state index is 5.70. The average molecular weight is 230 g/mol. The van der Waals surface area contributed by atoms with Gasteiger partial charge in [-0.05, 0) is 45.0 Å². The standard InChI is InChI=1S/C14H18N2O/c1-4-15-14-7-8-16-13-6-5-11(9-12(13)14)17-10(2)3/h5-10H,4H2,1-3H3,(H,15,16). The summed E-state index contributed by atoms with van der Waals surface area (Å²) in [6.45, 7) is 7.03. The highest BCUT2D eigenvalue weighted by atomic mass is 16.5. The molecule has 2 rings (SSSR count). The maximum absolute atomic E-state index is 5.70. The highest BCUT2D eigenvalue weighted by molar-refractivity contribution is 5.92. The van der Waals surface area contributed by atoms with Crippen molar-refractivity contribution in [1.29, 1.82) is 0 Å². The average Bonchev–Trinajstić information content (AvgIpc) is 2.29. The Balaban J connectivity index is 2.45. The summed E-state index contributed by atoms with van der Waals surface area (Å²) in [6, 6.07) is 7.99. The van der Waals surface area contributed by atoms with Crippen molar-refractivity contribution in [2.45, 2.75) is 26.9 Å². The van der Waals surface area contributed by atoms with E-state index < -0.39 is 0 Å². The van der Waals surface area contributed by atoms with Gasteiger partial charge >= 0.3 is 0 Å². The maximum Gasteiger partial charge on any atom is 0.120 e. The van der Waals surface area contributed by atoms with E-state index in [0.29, 0.717) is 0 Å². The zero-order valence-electron chi connectivity index (χ0n) is 10.5. The minimum absolute atomic E-state index is 0.187. The summed E-state index contributed by atoms with van der Waals surface area (Å²) in [6.07, 6.45) is 2.01.